The maximum Gasteiger partial charge on any atom is 0.263 e. The second-order valence-electron chi connectivity index (χ2n) is 7.43. The molecular weight excluding hydrogens is 394 g/mol. The van der Waals surface area contributed by atoms with E-state index in [2.05, 4.69) is 32.9 Å². The average molecular weight is 418 g/mol. The van der Waals surface area contributed by atoms with Crippen molar-refractivity contribution in [1.82, 2.24) is 9.88 Å². The number of fused-ring (bicyclic) bond motifs is 1. The number of sulfonamides is 1. The molecule has 0 radical (unpaired) electrons. The SMILES string of the molecule is C[C@H](Nc1ccc(S(=O)(=O)Nc2nccs2)cc1C#N)C12CCCN1CCC2. The summed E-state index contributed by atoms with van der Waals surface area (Å²) in [6.45, 7) is 4.44. The van der Waals surface area contributed by atoms with Gasteiger partial charge < -0.3 is 5.32 Å². The Morgan fingerprint density at radius 2 is 2.07 bits per heavy atom. The second-order valence-corrected chi connectivity index (χ2v) is 10.0. The van der Waals surface area contributed by atoms with Crippen molar-refractivity contribution in [3.05, 3.63) is 35.3 Å². The summed E-state index contributed by atoms with van der Waals surface area (Å²) in [6.07, 6.45) is 6.26. The minimum absolute atomic E-state index is 0.0546. The Labute approximate surface area is 169 Å². The third-order valence-corrected chi connectivity index (χ3v) is 8.11. The van der Waals surface area contributed by atoms with Crippen LogP contribution in [0.4, 0.5) is 10.8 Å². The molecule has 28 heavy (non-hydrogen) atoms. The van der Waals surface area contributed by atoms with Gasteiger partial charge in [-0.25, -0.2) is 13.4 Å². The summed E-state index contributed by atoms with van der Waals surface area (Å²) in [6, 6.07) is 6.96. The van der Waals surface area contributed by atoms with Crippen LogP contribution in [0.15, 0.2) is 34.7 Å². The van der Waals surface area contributed by atoms with Crippen molar-refractivity contribution in [2.75, 3.05) is 23.1 Å². The average Bonchev–Trinajstić information content (AvgIpc) is 3.38. The topological polar surface area (TPSA) is 98.1 Å². The van der Waals surface area contributed by atoms with Crippen LogP contribution in [0.5, 0.6) is 0 Å². The van der Waals surface area contributed by atoms with E-state index in [0.717, 1.165) is 25.9 Å². The summed E-state index contributed by atoms with van der Waals surface area (Å²) in [7, 11) is -3.78. The van der Waals surface area contributed by atoms with Crippen LogP contribution in [0.3, 0.4) is 0 Å². The van der Waals surface area contributed by atoms with Crippen molar-refractivity contribution < 1.29 is 8.42 Å². The number of rotatable bonds is 6. The first kappa shape index (κ1) is 19.2. The van der Waals surface area contributed by atoms with Crippen LogP contribution in [0.25, 0.3) is 0 Å². The molecule has 1 atom stereocenters. The van der Waals surface area contributed by atoms with Gasteiger partial charge in [0.05, 0.1) is 16.1 Å². The highest BCUT2D eigenvalue weighted by Gasteiger charge is 2.48. The lowest BCUT2D eigenvalue weighted by Crippen LogP contribution is -2.50. The molecule has 3 heterocycles. The predicted molar refractivity (Wildman–Crippen MR) is 110 cm³/mol. The number of anilines is 2. The number of benzene rings is 1. The van der Waals surface area contributed by atoms with Crippen LogP contribution in [-0.4, -0.2) is 43.0 Å². The van der Waals surface area contributed by atoms with Gasteiger partial charge in [0.1, 0.15) is 6.07 Å². The van der Waals surface area contributed by atoms with Gasteiger partial charge in [-0.05, 0) is 63.9 Å². The lowest BCUT2D eigenvalue weighted by Gasteiger charge is -2.39. The number of aromatic nitrogens is 1. The monoisotopic (exact) mass is 417 g/mol. The number of thiazole rings is 1. The molecule has 2 aliphatic heterocycles. The molecule has 2 N–H and O–H groups in total. The van der Waals surface area contributed by atoms with E-state index in [4.69, 9.17) is 0 Å². The largest absolute Gasteiger partial charge is 0.380 e. The summed E-state index contributed by atoms with van der Waals surface area (Å²) in [5, 5.41) is 15.1. The highest BCUT2D eigenvalue weighted by Crippen LogP contribution is 2.42. The predicted octanol–water partition coefficient (Wildman–Crippen LogP) is 3.24. The van der Waals surface area contributed by atoms with Crippen molar-refractivity contribution in [3.8, 4) is 6.07 Å². The van der Waals surface area contributed by atoms with Gasteiger partial charge >= 0.3 is 0 Å². The van der Waals surface area contributed by atoms with Crippen LogP contribution in [-0.2, 0) is 10.0 Å². The molecule has 0 saturated carbocycles. The standard InChI is InChI=1S/C19H23N5O2S2/c1-14(19-6-2-9-24(19)10-3-7-19)22-17-5-4-16(12-15(17)13-20)28(25,26)23-18-21-8-11-27-18/h4-5,8,11-12,14,22H,2-3,6-7,9-10H2,1H3,(H,21,23)/t14-/m0/s1. The molecule has 2 aromatic rings. The van der Waals surface area contributed by atoms with Crippen LogP contribution in [0.1, 0.15) is 38.2 Å². The molecule has 7 nitrogen and oxygen atoms in total. The third kappa shape index (κ3) is 3.36. The zero-order chi connectivity index (χ0) is 19.8. The van der Waals surface area contributed by atoms with E-state index in [1.165, 1.54) is 42.5 Å². The Morgan fingerprint density at radius 3 is 2.71 bits per heavy atom. The molecule has 148 valence electrons. The van der Waals surface area contributed by atoms with Crippen molar-refractivity contribution in [2.45, 2.75) is 49.1 Å². The maximum atomic E-state index is 12.6. The molecule has 0 aliphatic carbocycles. The summed E-state index contributed by atoms with van der Waals surface area (Å²) in [4.78, 5) is 6.56. The molecule has 4 rings (SSSR count). The van der Waals surface area contributed by atoms with E-state index in [1.807, 2.05) is 0 Å². The molecule has 1 aromatic carbocycles. The number of nitrogens with one attached hydrogen (secondary N) is 2. The van der Waals surface area contributed by atoms with Crippen molar-refractivity contribution in [2.24, 2.45) is 0 Å². The quantitative estimate of drug-likeness (QED) is 0.749. The fourth-order valence-electron chi connectivity index (χ4n) is 4.58. The molecule has 2 fully saturated rings. The van der Waals surface area contributed by atoms with Crippen LogP contribution in [0, 0.1) is 11.3 Å². The molecule has 2 saturated heterocycles. The van der Waals surface area contributed by atoms with Gasteiger partial charge in [-0.15, -0.1) is 11.3 Å². The minimum Gasteiger partial charge on any atom is -0.380 e. The van der Waals surface area contributed by atoms with Crippen molar-refractivity contribution in [3.63, 3.8) is 0 Å². The van der Waals surface area contributed by atoms with E-state index < -0.39 is 10.0 Å². The normalized spacial score (nSPS) is 19.7. The van der Waals surface area contributed by atoms with E-state index in [9.17, 15) is 13.7 Å². The molecule has 0 amide bonds. The molecule has 0 spiro atoms. The fourth-order valence-corrected chi connectivity index (χ4v) is 6.40. The number of hydrogen-bond donors (Lipinski definition) is 2. The van der Waals surface area contributed by atoms with E-state index in [0.29, 0.717) is 16.4 Å². The Balaban J connectivity index is 1.57. The zero-order valence-electron chi connectivity index (χ0n) is 15.7. The third-order valence-electron chi connectivity index (χ3n) is 5.96. The lowest BCUT2D eigenvalue weighted by molar-refractivity contribution is 0.174. The smallest absolute Gasteiger partial charge is 0.263 e. The Morgan fingerprint density at radius 1 is 1.32 bits per heavy atom. The van der Waals surface area contributed by atoms with Gasteiger partial charge in [0.25, 0.3) is 10.0 Å². The Hall–Kier alpha value is -2.15. The molecular formula is C19H23N5O2S2. The summed E-state index contributed by atoms with van der Waals surface area (Å²) < 4.78 is 27.6. The van der Waals surface area contributed by atoms with Gasteiger partial charge in [0.2, 0.25) is 0 Å². The molecule has 9 heteroatoms. The Kier molecular flexibility index (Phi) is 5.04. The first-order valence-corrected chi connectivity index (χ1v) is 11.8. The van der Waals surface area contributed by atoms with Crippen molar-refractivity contribution >= 4 is 32.2 Å². The van der Waals surface area contributed by atoms with Gasteiger partial charge in [-0.1, -0.05) is 0 Å². The first-order valence-electron chi connectivity index (χ1n) is 9.43. The second kappa shape index (κ2) is 7.35. The van der Waals surface area contributed by atoms with E-state index in [1.54, 1.807) is 11.4 Å². The summed E-state index contributed by atoms with van der Waals surface area (Å²) >= 11 is 1.20. The molecule has 0 bridgehead atoms. The Bertz CT molecular complexity index is 988. The zero-order valence-corrected chi connectivity index (χ0v) is 17.3. The molecule has 2 aliphatic rings. The summed E-state index contributed by atoms with van der Waals surface area (Å²) in [5.74, 6) is 0. The van der Waals surface area contributed by atoms with Gasteiger partial charge in [0.15, 0.2) is 5.13 Å². The van der Waals surface area contributed by atoms with E-state index >= 15 is 0 Å². The number of nitriles is 1. The van der Waals surface area contributed by atoms with Gasteiger partial charge in [0, 0.05) is 23.2 Å². The highest BCUT2D eigenvalue weighted by molar-refractivity contribution is 7.93. The highest BCUT2D eigenvalue weighted by atomic mass is 32.2. The minimum atomic E-state index is -3.78. The lowest BCUT2D eigenvalue weighted by atomic mass is 9.86. The van der Waals surface area contributed by atoms with Crippen molar-refractivity contribution in [1.29, 1.82) is 5.26 Å². The van der Waals surface area contributed by atoms with E-state index in [-0.39, 0.29) is 16.5 Å². The van der Waals surface area contributed by atoms with Crippen LogP contribution >= 0.6 is 11.3 Å². The van der Waals surface area contributed by atoms with Gasteiger partial charge in [-0.3, -0.25) is 9.62 Å². The number of hydrogen-bond acceptors (Lipinski definition) is 7. The number of nitrogens with zero attached hydrogens (tertiary/aromatic N) is 3. The fraction of sp³-hybridized carbons (Fsp3) is 0.474. The summed E-state index contributed by atoms with van der Waals surface area (Å²) in [5.41, 5.74) is 1.15. The molecule has 0 unspecified atom stereocenters. The maximum absolute atomic E-state index is 12.6. The van der Waals surface area contributed by atoms with Crippen LogP contribution in [0.2, 0.25) is 0 Å². The first-order chi connectivity index (χ1) is 13.4. The molecule has 1 aromatic heterocycles. The van der Waals surface area contributed by atoms with Crippen LogP contribution < -0.4 is 10.0 Å². The van der Waals surface area contributed by atoms with Gasteiger partial charge in [-0.2, -0.15) is 5.26 Å².